The number of ether oxygens (including phenoxy) is 2. The fourth-order valence-electron chi connectivity index (χ4n) is 2.04. The van der Waals surface area contributed by atoms with Gasteiger partial charge in [0.15, 0.2) is 11.5 Å². The minimum atomic E-state index is 0.480. The zero-order chi connectivity index (χ0) is 15.1. The third-order valence-electron chi connectivity index (χ3n) is 3.21. The molecule has 2 aromatic carbocycles. The molecule has 0 aliphatic carbocycles. The largest absolute Gasteiger partial charge is 0.493 e. The first kappa shape index (κ1) is 15.7. The zero-order valence-electron chi connectivity index (χ0n) is 12.1. The predicted molar refractivity (Wildman–Crippen MR) is 86.2 cm³/mol. The molecule has 0 saturated heterocycles. The molecule has 4 heteroatoms. The van der Waals surface area contributed by atoms with Crippen molar-refractivity contribution in [1.82, 2.24) is 0 Å². The van der Waals surface area contributed by atoms with Crippen molar-refractivity contribution in [2.45, 2.75) is 19.4 Å². The first-order chi connectivity index (χ1) is 10.2. The van der Waals surface area contributed by atoms with Gasteiger partial charge in [-0.2, -0.15) is 0 Å². The number of benzene rings is 2. The highest BCUT2D eigenvalue weighted by Crippen LogP contribution is 2.29. The van der Waals surface area contributed by atoms with Gasteiger partial charge in [-0.1, -0.05) is 29.8 Å². The minimum absolute atomic E-state index is 0.480. The lowest BCUT2D eigenvalue weighted by Gasteiger charge is -2.12. The molecule has 0 atom stereocenters. The van der Waals surface area contributed by atoms with E-state index in [1.807, 2.05) is 42.5 Å². The summed E-state index contributed by atoms with van der Waals surface area (Å²) in [4.78, 5) is 0. The number of methoxy groups -OCH3 is 1. The Labute approximate surface area is 130 Å². The Bertz CT molecular complexity index is 570. The molecule has 0 spiro atoms. The Morgan fingerprint density at radius 1 is 1.00 bits per heavy atom. The third kappa shape index (κ3) is 4.66. The molecule has 2 N–H and O–H groups in total. The van der Waals surface area contributed by atoms with Crippen LogP contribution in [0.1, 0.15) is 17.5 Å². The Morgan fingerprint density at radius 2 is 1.71 bits per heavy atom. The number of rotatable bonds is 7. The lowest BCUT2D eigenvalue weighted by molar-refractivity contribution is 0.284. The topological polar surface area (TPSA) is 44.5 Å². The third-order valence-corrected chi connectivity index (χ3v) is 3.46. The molecular formula is C17H20ClNO2. The highest BCUT2D eigenvalue weighted by Gasteiger charge is 2.06. The maximum Gasteiger partial charge on any atom is 0.161 e. The second kappa shape index (κ2) is 7.91. The van der Waals surface area contributed by atoms with Crippen LogP contribution in [0.15, 0.2) is 42.5 Å². The van der Waals surface area contributed by atoms with Gasteiger partial charge in [-0.3, -0.25) is 0 Å². The van der Waals surface area contributed by atoms with Crippen LogP contribution in [0, 0.1) is 0 Å². The van der Waals surface area contributed by atoms with Crippen LogP contribution in [0.2, 0.25) is 5.02 Å². The quantitative estimate of drug-likeness (QED) is 0.846. The average Bonchev–Trinajstić information content (AvgIpc) is 2.52. The van der Waals surface area contributed by atoms with Crippen molar-refractivity contribution in [1.29, 1.82) is 0 Å². The summed E-state index contributed by atoms with van der Waals surface area (Å²) in [6.45, 7) is 1.17. The summed E-state index contributed by atoms with van der Waals surface area (Å²) in [5, 5.41) is 0.722. The van der Waals surface area contributed by atoms with Crippen molar-refractivity contribution in [3.63, 3.8) is 0 Å². The number of hydrogen-bond donors (Lipinski definition) is 1. The normalized spacial score (nSPS) is 10.4. The van der Waals surface area contributed by atoms with E-state index in [4.69, 9.17) is 26.8 Å². The van der Waals surface area contributed by atoms with Crippen LogP contribution in [0.4, 0.5) is 0 Å². The highest BCUT2D eigenvalue weighted by atomic mass is 35.5. The molecule has 2 rings (SSSR count). The van der Waals surface area contributed by atoms with E-state index in [1.165, 1.54) is 5.56 Å². The van der Waals surface area contributed by atoms with E-state index in [0.717, 1.165) is 34.9 Å². The second-order valence-electron chi connectivity index (χ2n) is 4.79. The van der Waals surface area contributed by atoms with Crippen molar-refractivity contribution in [2.24, 2.45) is 5.73 Å². The van der Waals surface area contributed by atoms with Crippen LogP contribution >= 0.6 is 11.6 Å². The van der Waals surface area contributed by atoms with Gasteiger partial charge >= 0.3 is 0 Å². The molecule has 0 saturated carbocycles. The first-order valence-corrected chi connectivity index (χ1v) is 7.35. The number of nitrogens with two attached hydrogens (primary N) is 1. The van der Waals surface area contributed by atoms with E-state index < -0.39 is 0 Å². The molecule has 0 aromatic heterocycles. The molecule has 2 aromatic rings. The summed E-state index contributed by atoms with van der Waals surface area (Å²) in [5.74, 6) is 1.49. The molecular weight excluding hydrogens is 286 g/mol. The summed E-state index contributed by atoms with van der Waals surface area (Å²) in [5.41, 5.74) is 7.82. The SMILES string of the molecule is COc1ccc(CCCN)cc1OCc1ccc(Cl)cc1. The van der Waals surface area contributed by atoms with E-state index >= 15 is 0 Å². The van der Waals surface area contributed by atoms with Gasteiger partial charge in [-0.05, 0) is 54.8 Å². The van der Waals surface area contributed by atoms with Crippen LogP contribution in [-0.4, -0.2) is 13.7 Å². The Kier molecular flexibility index (Phi) is 5.90. The molecule has 0 aliphatic heterocycles. The van der Waals surface area contributed by atoms with E-state index in [-0.39, 0.29) is 0 Å². The van der Waals surface area contributed by atoms with Crippen molar-refractivity contribution in [3.8, 4) is 11.5 Å². The zero-order valence-corrected chi connectivity index (χ0v) is 12.9. The van der Waals surface area contributed by atoms with Gasteiger partial charge in [0.2, 0.25) is 0 Å². The monoisotopic (exact) mass is 305 g/mol. The van der Waals surface area contributed by atoms with Crippen LogP contribution in [-0.2, 0) is 13.0 Å². The summed E-state index contributed by atoms with van der Waals surface area (Å²) < 4.78 is 11.2. The molecule has 0 heterocycles. The van der Waals surface area contributed by atoms with E-state index in [2.05, 4.69) is 0 Å². The molecule has 3 nitrogen and oxygen atoms in total. The van der Waals surface area contributed by atoms with E-state index in [1.54, 1.807) is 7.11 Å². The van der Waals surface area contributed by atoms with E-state index in [9.17, 15) is 0 Å². The van der Waals surface area contributed by atoms with Crippen molar-refractivity contribution < 1.29 is 9.47 Å². The van der Waals surface area contributed by atoms with Gasteiger partial charge in [0.05, 0.1) is 7.11 Å². The van der Waals surface area contributed by atoms with Crippen molar-refractivity contribution in [3.05, 3.63) is 58.6 Å². The molecule has 0 fully saturated rings. The lowest BCUT2D eigenvalue weighted by Crippen LogP contribution is -2.02. The summed E-state index contributed by atoms with van der Waals surface area (Å²) in [7, 11) is 1.64. The number of halogens is 1. The van der Waals surface area contributed by atoms with Gasteiger partial charge in [-0.15, -0.1) is 0 Å². The second-order valence-corrected chi connectivity index (χ2v) is 5.23. The molecule has 0 radical (unpaired) electrons. The predicted octanol–water partition coefficient (Wildman–Crippen LogP) is 3.82. The van der Waals surface area contributed by atoms with Gasteiger partial charge in [0, 0.05) is 5.02 Å². The summed E-state index contributed by atoms with van der Waals surface area (Å²) >= 11 is 5.87. The molecule has 0 amide bonds. The fraction of sp³-hybridized carbons (Fsp3) is 0.294. The van der Waals surface area contributed by atoms with Crippen LogP contribution in [0.5, 0.6) is 11.5 Å². The Balaban J connectivity index is 2.07. The highest BCUT2D eigenvalue weighted by molar-refractivity contribution is 6.30. The maximum atomic E-state index is 5.88. The lowest BCUT2D eigenvalue weighted by atomic mass is 10.1. The molecule has 112 valence electrons. The fourth-order valence-corrected chi connectivity index (χ4v) is 2.16. The van der Waals surface area contributed by atoms with Gasteiger partial charge in [0.1, 0.15) is 6.61 Å². The number of aryl methyl sites for hydroxylation is 1. The molecule has 0 unspecified atom stereocenters. The smallest absolute Gasteiger partial charge is 0.161 e. The maximum absolute atomic E-state index is 5.88. The van der Waals surface area contributed by atoms with Crippen molar-refractivity contribution in [2.75, 3.05) is 13.7 Å². The minimum Gasteiger partial charge on any atom is -0.493 e. The standard InChI is InChI=1S/C17H20ClNO2/c1-20-16-9-6-13(3-2-10-19)11-17(16)21-12-14-4-7-15(18)8-5-14/h4-9,11H,2-3,10,12,19H2,1H3. The molecule has 21 heavy (non-hydrogen) atoms. The average molecular weight is 306 g/mol. The number of hydrogen-bond acceptors (Lipinski definition) is 3. The van der Waals surface area contributed by atoms with Gasteiger partial charge in [0.25, 0.3) is 0 Å². The Morgan fingerprint density at radius 3 is 2.38 bits per heavy atom. The van der Waals surface area contributed by atoms with E-state index in [0.29, 0.717) is 13.2 Å². The van der Waals surface area contributed by atoms with Gasteiger partial charge in [-0.25, -0.2) is 0 Å². The van der Waals surface area contributed by atoms with Crippen LogP contribution < -0.4 is 15.2 Å². The molecule has 0 aliphatic rings. The molecule has 0 bridgehead atoms. The van der Waals surface area contributed by atoms with Crippen LogP contribution in [0.25, 0.3) is 0 Å². The van der Waals surface area contributed by atoms with Crippen LogP contribution in [0.3, 0.4) is 0 Å². The van der Waals surface area contributed by atoms with Crippen molar-refractivity contribution >= 4 is 11.6 Å². The summed E-state index contributed by atoms with van der Waals surface area (Å²) in [6.07, 6.45) is 1.90. The summed E-state index contributed by atoms with van der Waals surface area (Å²) in [6, 6.07) is 13.6. The first-order valence-electron chi connectivity index (χ1n) is 6.97. The Hall–Kier alpha value is -1.71. The van der Waals surface area contributed by atoms with Gasteiger partial charge < -0.3 is 15.2 Å².